The zero-order valence-electron chi connectivity index (χ0n) is 12.6. The van der Waals surface area contributed by atoms with Gasteiger partial charge in [0.2, 0.25) is 0 Å². The number of nitrogens with one attached hydrogen (secondary N) is 2. The highest BCUT2D eigenvalue weighted by Crippen LogP contribution is 2.14. The van der Waals surface area contributed by atoms with E-state index in [1.54, 1.807) is 12.3 Å². The summed E-state index contributed by atoms with van der Waals surface area (Å²) >= 11 is 0. The molecule has 9 heteroatoms. The quantitative estimate of drug-likeness (QED) is 0.394. The highest BCUT2D eigenvalue weighted by Gasteiger charge is 2.28. The number of furan rings is 1. The number of nitrogens with zero attached hydrogens (tertiary/aromatic N) is 2. The molecule has 0 radical (unpaired) electrons. The Morgan fingerprint density at radius 1 is 1.36 bits per heavy atom. The minimum Gasteiger partial charge on any atom is -0.467 e. The molecule has 5 nitrogen and oxygen atoms in total. The topological polar surface area (TPSA) is 52.8 Å². The molecule has 1 aromatic rings. The molecular weight excluding hydrogens is 412 g/mol. The van der Waals surface area contributed by atoms with Crippen LogP contribution in [0.5, 0.6) is 0 Å². The fourth-order valence-corrected chi connectivity index (χ4v) is 1.65. The minimum atomic E-state index is -4.17. The second-order valence-corrected chi connectivity index (χ2v) is 4.55. The molecule has 1 rings (SSSR count). The normalized spacial score (nSPS) is 12.2. The van der Waals surface area contributed by atoms with Crippen molar-refractivity contribution in [1.29, 1.82) is 0 Å². The van der Waals surface area contributed by atoms with Gasteiger partial charge < -0.3 is 15.1 Å². The van der Waals surface area contributed by atoms with Gasteiger partial charge in [0.05, 0.1) is 12.8 Å². The summed E-state index contributed by atoms with van der Waals surface area (Å²) < 4.78 is 41.7. The molecule has 0 atom stereocenters. The van der Waals surface area contributed by atoms with Gasteiger partial charge in [-0.05, 0) is 26.1 Å². The standard InChI is InChI=1S/C13H21F3N4O.HI/c1-3-17-12(19-9-11-5-4-8-21-11)18-6-7-20(2)10-13(14,15)16;/h4-5,8H,3,6-7,9-10H2,1-2H3,(H2,17,18,19);1H. The maximum absolute atomic E-state index is 12.2. The maximum atomic E-state index is 12.2. The lowest BCUT2D eigenvalue weighted by Gasteiger charge is -2.19. The zero-order valence-corrected chi connectivity index (χ0v) is 14.9. The van der Waals surface area contributed by atoms with Gasteiger partial charge in [0, 0.05) is 19.6 Å². The molecule has 0 bridgehead atoms. The number of aliphatic imine (C=N–C) groups is 1. The number of rotatable bonds is 7. The van der Waals surface area contributed by atoms with Crippen molar-refractivity contribution < 1.29 is 17.6 Å². The van der Waals surface area contributed by atoms with Crippen molar-refractivity contribution >= 4 is 29.9 Å². The van der Waals surface area contributed by atoms with E-state index in [9.17, 15) is 13.2 Å². The van der Waals surface area contributed by atoms with E-state index in [0.717, 1.165) is 5.76 Å². The van der Waals surface area contributed by atoms with E-state index >= 15 is 0 Å². The van der Waals surface area contributed by atoms with Crippen LogP contribution in [0.25, 0.3) is 0 Å². The molecule has 0 unspecified atom stereocenters. The van der Waals surface area contributed by atoms with Gasteiger partial charge in [0.25, 0.3) is 0 Å². The van der Waals surface area contributed by atoms with Crippen molar-refractivity contribution in [3.8, 4) is 0 Å². The van der Waals surface area contributed by atoms with Crippen LogP contribution in [0, 0.1) is 0 Å². The summed E-state index contributed by atoms with van der Waals surface area (Å²) in [6.07, 6.45) is -2.61. The van der Waals surface area contributed by atoms with E-state index in [0.29, 0.717) is 25.6 Å². The van der Waals surface area contributed by atoms with E-state index < -0.39 is 12.7 Å². The van der Waals surface area contributed by atoms with Crippen LogP contribution in [-0.4, -0.2) is 50.3 Å². The van der Waals surface area contributed by atoms with Crippen LogP contribution in [0.2, 0.25) is 0 Å². The maximum Gasteiger partial charge on any atom is 0.401 e. The Labute approximate surface area is 145 Å². The van der Waals surface area contributed by atoms with Crippen LogP contribution in [0.4, 0.5) is 13.2 Å². The molecule has 0 fully saturated rings. The predicted molar refractivity (Wildman–Crippen MR) is 90.5 cm³/mol. The van der Waals surface area contributed by atoms with E-state index in [1.807, 2.05) is 13.0 Å². The first-order valence-corrected chi connectivity index (χ1v) is 6.70. The average Bonchev–Trinajstić information content (AvgIpc) is 2.86. The third-order valence-electron chi connectivity index (χ3n) is 2.55. The van der Waals surface area contributed by atoms with Gasteiger partial charge in [-0.2, -0.15) is 13.2 Å². The molecule has 1 aromatic heterocycles. The van der Waals surface area contributed by atoms with E-state index in [-0.39, 0.29) is 30.5 Å². The largest absolute Gasteiger partial charge is 0.467 e. The average molecular weight is 434 g/mol. The molecule has 1 heterocycles. The highest BCUT2D eigenvalue weighted by atomic mass is 127. The Bertz CT molecular complexity index is 423. The zero-order chi connectivity index (χ0) is 15.7. The first-order chi connectivity index (χ1) is 9.90. The summed E-state index contributed by atoms with van der Waals surface area (Å²) in [6.45, 7) is 2.68. The van der Waals surface area contributed by atoms with Crippen LogP contribution < -0.4 is 10.6 Å². The van der Waals surface area contributed by atoms with E-state index in [4.69, 9.17) is 4.42 Å². The second kappa shape index (κ2) is 10.7. The summed E-state index contributed by atoms with van der Waals surface area (Å²) in [7, 11) is 1.43. The lowest BCUT2D eigenvalue weighted by molar-refractivity contribution is -0.142. The third-order valence-corrected chi connectivity index (χ3v) is 2.55. The Balaban J connectivity index is 0.00000441. The Kier molecular flexibility index (Phi) is 10.2. The molecular formula is C13H22F3IN4O. The van der Waals surface area contributed by atoms with Crippen molar-refractivity contribution in [2.75, 3.05) is 33.2 Å². The molecule has 0 aliphatic carbocycles. The first-order valence-electron chi connectivity index (χ1n) is 6.70. The Morgan fingerprint density at radius 3 is 2.64 bits per heavy atom. The fourth-order valence-electron chi connectivity index (χ4n) is 1.65. The number of hydrogen-bond donors (Lipinski definition) is 2. The summed E-state index contributed by atoms with van der Waals surface area (Å²) in [5.74, 6) is 1.27. The number of likely N-dealkylation sites (N-methyl/N-ethyl adjacent to an activating group) is 1. The van der Waals surface area contributed by atoms with Gasteiger partial charge in [0.1, 0.15) is 12.3 Å². The SMILES string of the molecule is CCNC(=NCc1ccco1)NCCN(C)CC(F)(F)F.I. The summed E-state index contributed by atoms with van der Waals surface area (Å²) in [5.41, 5.74) is 0. The molecule has 0 aromatic carbocycles. The van der Waals surface area contributed by atoms with Gasteiger partial charge in [-0.15, -0.1) is 24.0 Å². The predicted octanol–water partition coefficient (Wildman–Crippen LogP) is 2.45. The first kappa shape index (κ1) is 21.0. The van der Waals surface area contributed by atoms with Crippen molar-refractivity contribution in [3.63, 3.8) is 0 Å². The van der Waals surface area contributed by atoms with Gasteiger partial charge >= 0.3 is 6.18 Å². The lowest BCUT2D eigenvalue weighted by Crippen LogP contribution is -2.42. The molecule has 0 aliphatic heterocycles. The highest BCUT2D eigenvalue weighted by molar-refractivity contribution is 14.0. The van der Waals surface area contributed by atoms with Crippen molar-refractivity contribution in [2.24, 2.45) is 4.99 Å². The number of hydrogen-bond acceptors (Lipinski definition) is 3. The van der Waals surface area contributed by atoms with Crippen molar-refractivity contribution in [3.05, 3.63) is 24.2 Å². The monoisotopic (exact) mass is 434 g/mol. The minimum absolute atomic E-state index is 0. The summed E-state index contributed by atoms with van der Waals surface area (Å²) in [4.78, 5) is 5.50. The summed E-state index contributed by atoms with van der Waals surface area (Å²) in [5, 5.41) is 6.01. The molecule has 128 valence electrons. The van der Waals surface area contributed by atoms with Crippen molar-refractivity contribution in [2.45, 2.75) is 19.6 Å². The van der Waals surface area contributed by atoms with Crippen LogP contribution in [0.15, 0.2) is 27.8 Å². The van der Waals surface area contributed by atoms with Gasteiger partial charge in [0.15, 0.2) is 5.96 Å². The van der Waals surface area contributed by atoms with Gasteiger partial charge in [-0.25, -0.2) is 4.99 Å². The molecule has 0 saturated carbocycles. The summed E-state index contributed by atoms with van der Waals surface area (Å²) in [6, 6.07) is 3.58. The van der Waals surface area contributed by atoms with Gasteiger partial charge in [-0.3, -0.25) is 4.90 Å². The second-order valence-electron chi connectivity index (χ2n) is 4.55. The van der Waals surface area contributed by atoms with Crippen molar-refractivity contribution in [1.82, 2.24) is 15.5 Å². The molecule has 0 amide bonds. The van der Waals surface area contributed by atoms with Crippen LogP contribution >= 0.6 is 24.0 Å². The molecule has 2 N–H and O–H groups in total. The molecule has 0 spiro atoms. The van der Waals surface area contributed by atoms with E-state index in [2.05, 4.69) is 15.6 Å². The lowest BCUT2D eigenvalue weighted by atomic mass is 10.4. The Morgan fingerprint density at radius 2 is 2.09 bits per heavy atom. The number of halogens is 4. The molecule has 22 heavy (non-hydrogen) atoms. The van der Waals surface area contributed by atoms with Crippen LogP contribution in [0.3, 0.4) is 0 Å². The fraction of sp³-hybridized carbons (Fsp3) is 0.615. The number of alkyl halides is 3. The number of guanidine groups is 1. The van der Waals surface area contributed by atoms with Gasteiger partial charge in [-0.1, -0.05) is 0 Å². The van der Waals surface area contributed by atoms with Crippen LogP contribution in [0.1, 0.15) is 12.7 Å². The van der Waals surface area contributed by atoms with E-state index in [1.165, 1.54) is 11.9 Å². The smallest absolute Gasteiger partial charge is 0.401 e. The van der Waals surface area contributed by atoms with Crippen LogP contribution in [-0.2, 0) is 6.54 Å². The third kappa shape index (κ3) is 9.87. The molecule has 0 saturated heterocycles. The Hall–Kier alpha value is -0.970. The molecule has 0 aliphatic rings.